The molecule has 0 atom stereocenters. The lowest BCUT2D eigenvalue weighted by atomic mass is 10.1. The highest BCUT2D eigenvalue weighted by molar-refractivity contribution is 5.92. The van der Waals surface area contributed by atoms with Gasteiger partial charge in [-0.25, -0.2) is 0 Å². The van der Waals surface area contributed by atoms with Gasteiger partial charge in [0.2, 0.25) is 5.91 Å². The first-order valence-electron chi connectivity index (χ1n) is 6.80. The normalized spacial score (nSPS) is 10.7. The highest BCUT2D eigenvalue weighted by Crippen LogP contribution is 2.20. The van der Waals surface area contributed by atoms with Gasteiger partial charge >= 0.3 is 0 Å². The first-order chi connectivity index (χ1) is 10.3. The van der Waals surface area contributed by atoms with Crippen molar-refractivity contribution in [1.29, 1.82) is 0 Å². The zero-order valence-electron chi connectivity index (χ0n) is 11.5. The quantitative estimate of drug-likeness (QED) is 0.772. The Kier molecular flexibility index (Phi) is 3.71. The van der Waals surface area contributed by atoms with Crippen molar-refractivity contribution in [2.45, 2.75) is 13.2 Å². The lowest BCUT2D eigenvalue weighted by Crippen LogP contribution is -2.18. The maximum Gasteiger partial charge on any atom is 0.244 e. The number of para-hydroxylation sites is 1. The van der Waals surface area contributed by atoms with Crippen LogP contribution in [0.2, 0.25) is 0 Å². The van der Waals surface area contributed by atoms with E-state index < -0.39 is 0 Å². The summed E-state index contributed by atoms with van der Waals surface area (Å²) in [5, 5.41) is 13.2. The first-order valence-corrected chi connectivity index (χ1v) is 6.80. The molecule has 4 nitrogen and oxygen atoms in total. The van der Waals surface area contributed by atoms with Crippen LogP contribution < -0.4 is 5.32 Å². The van der Waals surface area contributed by atoms with E-state index in [1.165, 1.54) is 0 Å². The number of hydrogen-bond donors (Lipinski definition) is 2. The number of carbonyl (C=O) groups is 1. The van der Waals surface area contributed by atoms with Crippen LogP contribution in [-0.2, 0) is 17.9 Å². The maximum absolute atomic E-state index is 12.1. The molecule has 1 aromatic heterocycles. The molecule has 3 rings (SSSR count). The molecule has 0 saturated heterocycles. The predicted molar refractivity (Wildman–Crippen MR) is 82.9 cm³/mol. The summed E-state index contributed by atoms with van der Waals surface area (Å²) < 4.78 is 1.88. The van der Waals surface area contributed by atoms with Crippen LogP contribution in [0.15, 0.2) is 60.8 Å². The van der Waals surface area contributed by atoms with Crippen molar-refractivity contribution < 1.29 is 9.90 Å². The number of aliphatic hydroxyl groups excluding tert-OH is 1. The van der Waals surface area contributed by atoms with E-state index >= 15 is 0 Å². The first kappa shape index (κ1) is 13.4. The summed E-state index contributed by atoms with van der Waals surface area (Å²) in [6.45, 7) is 0.241. The van der Waals surface area contributed by atoms with Crippen molar-refractivity contribution in [2.75, 3.05) is 5.32 Å². The van der Waals surface area contributed by atoms with Crippen molar-refractivity contribution in [3.05, 3.63) is 66.4 Å². The van der Waals surface area contributed by atoms with Crippen LogP contribution in [0.4, 0.5) is 5.69 Å². The van der Waals surface area contributed by atoms with Gasteiger partial charge in [0.15, 0.2) is 0 Å². The van der Waals surface area contributed by atoms with Crippen LogP contribution in [0, 0.1) is 0 Å². The fraction of sp³-hybridized carbons (Fsp3) is 0.118. The number of rotatable bonds is 4. The standard InChI is InChI=1S/C17H16N2O2/c20-12-13-5-4-8-16-15(13)9-10-19(16)11-17(21)18-14-6-2-1-3-7-14/h1-10,20H,11-12H2,(H,18,21). The highest BCUT2D eigenvalue weighted by atomic mass is 16.3. The topological polar surface area (TPSA) is 54.3 Å². The van der Waals surface area contributed by atoms with Crippen molar-refractivity contribution in [3.63, 3.8) is 0 Å². The zero-order valence-corrected chi connectivity index (χ0v) is 11.5. The van der Waals surface area contributed by atoms with Crippen LogP contribution in [0.5, 0.6) is 0 Å². The zero-order chi connectivity index (χ0) is 14.7. The third-order valence-electron chi connectivity index (χ3n) is 3.45. The van der Waals surface area contributed by atoms with E-state index in [1.807, 2.05) is 65.4 Å². The molecule has 0 saturated carbocycles. The molecule has 4 heteroatoms. The highest BCUT2D eigenvalue weighted by Gasteiger charge is 2.08. The van der Waals surface area contributed by atoms with Crippen LogP contribution in [-0.4, -0.2) is 15.6 Å². The largest absolute Gasteiger partial charge is 0.392 e. The number of fused-ring (bicyclic) bond motifs is 1. The van der Waals surface area contributed by atoms with E-state index in [1.54, 1.807) is 0 Å². The molecule has 0 radical (unpaired) electrons. The molecule has 0 bridgehead atoms. The van der Waals surface area contributed by atoms with E-state index in [2.05, 4.69) is 5.32 Å². The van der Waals surface area contributed by atoms with Crippen LogP contribution >= 0.6 is 0 Å². The van der Waals surface area contributed by atoms with Gasteiger partial charge in [0.1, 0.15) is 6.54 Å². The van der Waals surface area contributed by atoms with Gasteiger partial charge in [-0.15, -0.1) is 0 Å². The summed E-state index contributed by atoms with van der Waals surface area (Å²) in [5.74, 6) is -0.0758. The number of amides is 1. The number of benzene rings is 2. The van der Waals surface area contributed by atoms with Crippen LogP contribution in [0.25, 0.3) is 10.9 Å². The number of carbonyl (C=O) groups excluding carboxylic acids is 1. The molecule has 2 aromatic carbocycles. The fourth-order valence-electron chi connectivity index (χ4n) is 2.44. The van der Waals surface area contributed by atoms with E-state index in [-0.39, 0.29) is 19.1 Å². The summed E-state index contributed by atoms with van der Waals surface area (Å²) in [6, 6.07) is 17.0. The molecular weight excluding hydrogens is 264 g/mol. The molecule has 2 N–H and O–H groups in total. The lowest BCUT2D eigenvalue weighted by Gasteiger charge is -2.08. The molecule has 106 valence electrons. The van der Waals surface area contributed by atoms with Crippen molar-refractivity contribution in [2.24, 2.45) is 0 Å². The molecule has 1 heterocycles. The van der Waals surface area contributed by atoms with Gasteiger partial charge in [0.05, 0.1) is 6.61 Å². The second kappa shape index (κ2) is 5.81. The van der Waals surface area contributed by atoms with Crippen LogP contribution in [0.1, 0.15) is 5.56 Å². The molecule has 0 fully saturated rings. The van der Waals surface area contributed by atoms with Gasteiger partial charge in [-0.05, 0) is 29.8 Å². The number of anilines is 1. The van der Waals surface area contributed by atoms with Crippen molar-refractivity contribution in [1.82, 2.24) is 4.57 Å². The Hall–Kier alpha value is -2.59. The second-order valence-corrected chi connectivity index (χ2v) is 4.87. The van der Waals surface area contributed by atoms with Crippen molar-refractivity contribution >= 4 is 22.5 Å². The maximum atomic E-state index is 12.1. The summed E-state index contributed by atoms with van der Waals surface area (Å²) in [6.07, 6.45) is 1.87. The molecule has 3 aromatic rings. The number of aliphatic hydroxyl groups is 1. The Labute approximate surface area is 122 Å². The van der Waals surface area contributed by atoms with Crippen molar-refractivity contribution in [3.8, 4) is 0 Å². The van der Waals surface area contributed by atoms with E-state index in [9.17, 15) is 9.90 Å². The average molecular weight is 280 g/mol. The molecule has 0 aliphatic rings. The van der Waals surface area contributed by atoms with Gasteiger partial charge < -0.3 is 15.0 Å². The second-order valence-electron chi connectivity index (χ2n) is 4.87. The summed E-state index contributed by atoms with van der Waals surface area (Å²) >= 11 is 0. The molecule has 1 amide bonds. The monoisotopic (exact) mass is 280 g/mol. The predicted octanol–water partition coefficient (Wildman–Crippen LogP) is 2.77. The Morgan fingerprint density at radius 3 is 2.62 bits per heavy atom. The third-order valence-corrected chi connectivity index (χ3v) is 3.45. The molecule has 21 heavy (non-hydrogen) atoms. The van der Waals surface area contributed by atoms with Gasteiger partial charge in [0.25, 0.3) is 0 Å². The number of aromatic nitrogens is 1. The smallest absolute Gasteiger partial charge is 0.244 e. The minimum absolute atomic E-state index is 0.00242. The lowest BCUT2D eigenvalue weighted by molar-refractivity contribution is -0.116. The van der Waals surface area contributed by atoms with Gasteiger partial charge in [-0.3, -0.25) is 4.79 Å². The minimum Gasteiger partial charge on any atom is -0.392 e. The number of nitrogens with one attached hydrogen (secondary N) is 1. The number of nitrogens with zero attached hydrogens (tertiary/aromatic N) is 1. The molecule has 0 aliphatic heterocycles. The SMILES string of the molecule is O=C(Cn1ccc2c(CO)cccc21)Nc1ccccc1. The van der Waals surface area contributed by atoms with Crippen LogP contribution in [0.3, 0.4) is 0 Å². The Morgan fingerprint density at radius 2 is 1.86 bits per heavy atom. The summed E-state index contributed by atoms with van der Waals surface area (Å²) in [4.78, 5) is 12.1. The fourth-order valence-corrected chi connectivity index (χ4v) is 2.44. The number of hydrogen-bond acceptors (Lipinski definition) is 2. The Bertz CT molecular complexity index is 763. The average Bonchev–Trinajstić information content (AvgIpc) is 2.91. The van der Waals surface area contributed by atoms with E-state index in [0.29, 0.717) is 0 Å². The minimum atomic E-state index is -0.0758. The Balaban J connectivity index is 1.80. The van der Waals surface area contributed by atoms with E-state index in [4.69, 9.17) is 0 Å². The Morgan fingerprint density at radius 1 is 1.05 bits per heavy atom. The molecule has 0 aliphatic carbocycles. The molecular formula is C17H16N2O2. The van der Waals surface area contributed by atoms with Gasteiger partial charge in [0, 0.05) is 22.8 Å². The van der Waals surface area contributed by atoms with E-state index in [0.717, 1.165) is 22.2 Å². The summed E-state index contributed by atoms with van der Waals surface area (Å²) in [7, 11) is 0. The summed E-state index contributed by atoms with van der Waals surface area (Å²) in [5.41, 5.74) is 2.61. The molecule has 0 spiro atoms. The molecule has 0 unspecified atom stereocenters. The van der Waals surface area contributed by atoms with Gasteiger partial charge in [-0.2, -0.15) is 0 Å². The third kappa shape index (κ3) is 2.80. The van der Waals surface area contributed by atoms with Gasteiger partial charge in [-0.1, -0.05) is 30.3 Å².